The summed E-state index contributed by atoms with van der Waals surface area (Å²) in [7, 11) is 0. The van der Waals surface area contributed by atoms with Crippen molar-refractivity contribution in [1.82, 2.24) is 0 Å². The van der Waals surface area contributed by atoms with Crippen LogP contribution >= 0.6 is 0 Å². The molecule has 90 valence electrons. The number of hydrogen-bond donors (Lipinski definition) is 0. The van der Waals surface area contributed by atoms with Crippen LogP contribution in [-0.2, 0) is 0 Å². The van der Waals surface area contributed by atoms with Crippen LogP contribution < -0.4 is 0 Å². The number of benzene rings is 2. The number of carbonyl (C=O) groups is 1. The highest BCUT2D eigenvalue weighted by atomic mass is 16.1. The Labute approximate surface area is 108 Å². The van der Waals surface area contributed by atoms with E-state index in [0.29, 0.717) is 0 Å². The molecule has 0 fully saturated rings. The van der Waals surface area contributed by atoms with Gasteiger partial charge in [-0.15, -0.1) is 0 Å². The summed E-state index contributed by atoms with van der Waals surface area (Å²) in [5.41, 5.74) is 4.17. The fraction of sp³-hybridized carbons (Fsp3) is 0.118. The lowest BCUT2D eigenvalue weighted by Gasteiger charge is -2.04. The van der Waals surface area contributed by atoms with Crippen LogP contribution in [-0.4, -0.2) is 5.78 Å². The van der Waals surface area contributed by atoms with E-state index in [1.165, 1.54) is 5.56 Å². The zero-order valence-electron chi connectivity index (χ0n) is 10.7. The molecule has 2 rings (SSSR count). The van der Waals surface area contributed by atoms with Crippen molar-refractivity contribution >= 4 is 17.4 Å². The summed E-state index contributed by atoms with van der Waals surface area (Å²) in [5, 5.41) is 0. The fourth-order valence-corrected chi connectivity index (χ4v) is 1.87. The second kappa shape index (κ2) is 5.46. The Morgan fingerprint density at radius 1 is 0.889 bits per heavy atom. The lowest BCUT2D eigenvalue weighted by Crippen LogP contribution is -1.92. The quantitative estimate of drug-likeness (QED) is 0.568. The van der Waals surface area contributed by atoms with E-state index in [2.05, 4.69) is 25.1 Å². The zero-order chi connectivity index (χ0) is 13.0. The molecule has 0 bridgehead atoms. The molecule has 0 aliphatic heterocycles. The monoisotopic (exact) mass is 236 g/mol. The van der Waals surface area contributed by atoms with E-state index in [9.17, 15) is 4.79 Å². The third-order valence-corrected chi connectivity index (χ3v) is 2.91. The van der Waals surface area contributed by atoms with Crippen molar-refractivity contribution in [3.05, 3.63) is 71.3 Å². The lowest BCUT2D eigenvalue weighted by molar-refractivity contribution is 0.101. The topological polar surface area (TPSA) is 17.1 Å². The molecule has 0 radical (unpaired) electrons. The van der Waals surface area contributed by atoms with Gasteiger partial charge in [-0.2, -0.15) is 0 Å². The van der Waals surface area contributed by atoms with Crippen molar-refractivity contribution < 1.29 is 4.79 Å². The highest BCUT2D eigenvalue weighted by Gasteiger charge is 2.01. The highest BCUT2D eigenvalue weighted by molar-refractivity contribution is 5.95. The molecule has 0 aliphatic rings. The van der Waals surface area contributed by atoms with Gasteiger partial charge < -0.3 is 0 Å². The summed E-state index contributed by atoms with van der Waals surface area (Å²) in [6.07, 6.45) is 2.12. The van der Waals surface area contributed by atoms with E-state index in [4.69, 9.17) is 0 Å². The van der Waals surface area contributed by atoms with Crippen molar-refractivity contribution in [2.75, 3.05) is 0 Å². The van der Waals surface area contributed by atoms with E-state index < -0.39 is 0 Å². The smallest absolute Gasteiger partial charge is 0.159 e. The van der Waals surface area contributed by atoms with Crippen molar-refractivity contribution in [3.63, 3.8) is 0 Å². The van der Waals surface area contributed by atoms with Crippen LogP contribution in [0.4, 0.5) is 0 Å². The van der Waals surface area contributed by atoms with Crippen LogP contribution in [0.1, 0.15) is 35.3 Å². The lowest BCUT2D eigenvalue weighted by atomic mass is 10.0. The van der Waals surface area contributed by atoms with Gasteiger partial charge in [0.2, 0.25) is 0 Å². The van der Waals surface area contributed by atoms with Crippen LogP contribution in [0.25, 0.3) is 11.6 Å². The summed E-state index contributed by atoms with van der Waals surface area (Å²) in [6.45, 7) is 3.65. The first-order valence-corrected chi connectivity index (χ1v) is 6.01. The molecule has 0 saturated heterocycles. The van der Waals surface area contributed by atoms with Gasteiger partial charge in [0.25, 0.3) is 0 Å². The Bertz CT molecular complexity index is 580. The molecule has 0 amide bonds. The molecule has 0 spiro atoms. The molecule has 0 aliphatic carbocycles. The van der Waals surface area contributed by atoms with Gasteiger partial charge in [0.15, 0.2) is 5.78 Å². The van der Waals surface area contributed by atoms with Gasteiger partial charge in [-0.25, -0.2) is 0 Å². The molecule has 1 heteroatoms. The number of hydrogen-bond acceptors (Lipinski definition) is 1. The Morgan fingerprint density at radius 2 is 1.56 bits per heavy atom. The van der Waals surface area contributed by atoms with E-state index in [-0.39, 0.29) is 5.78 Å². The second-order valence-corrected chi connectivity index (χ2v) is 4.38. The van der Waals surface area contributed by atoms with Gasteiger partial charge in [0.1, 0.15) is 0 Å². The van der Waals surface area contributed by atoms with E-state index in [0.717, 1.165) is 16.7 Å². The van der Waals surface area contributed by atoms with E-state index in [1.807, 2.05) is 42.5 Å². The molecule has 0 aromatic heterocycles. The van der Waals surface area contributed by atoms with E-state index in [1.54, 1.807) is 6.92 Å². The molecule has 0 unspecified atom stereocenters. The molecule has 2 aromatic carbocycles. The average molecular weight is 236 g/mol. The first-order valence-electron chi connectivity index (χ1n) is 6.01. The Balaban J connectivity index is 2.34. The SMILES string of the molecule is CC(=O)c1cccc(/C(C)=C/c2ccccc2)c1. The second-order valence-electron chi connectivity index (χ2n) is 4.38. The number of rotatable bonds is 3. The summed E-state index contributed by atoms with van der Waals surface area (Å²) in [4.78, 5) is 11.4. The van der Waals surface area contributed by atoms with Crippen molar-refractivity contribution in [3.8, 4) is 0 Å². The summed E-state index contributed by atoms with van der Waals surface area (Å²) < 4.78 is 0. The molecule has 1 nitrogen and oxygen atoms in total. The summed E-state index contributed by atoms with van der Waals surface area (Å²) >= 11 is 0. The van der Waals surface area contributed by atoms with Crippen LogP contribution in [0.2, 0.25) is 0 Å². The van der Waals surface area contributed by atoms with Gasteiger partial charge in [-0.05, 0) is 36.6 Å². The summed E-state index contributed by atoms with van der Waals surface area (Å²) in [6, 6.07) is 17.9. The maximum atomic E-state index is 11.4. The minimum Gasteiger partial charge on any atom is -0.295 e. The van der Waals surface area contributed by atoms with Crippen molar-refractivity contribution in [2.45, 2.75) is 13.8 Å². The maximum absolute atomic E-state index is 11.4. The molecule has 0 atom stereocenters. The van der Waals surface area contributed by atoms with Crippen molar-refractivity contribution in [1.29, 1.82) is 0 Å². The number of allylic oxidation sites excluding steroid dienone is 1. The van der Waals surface area contributed by atoms with Crippen LogP contribution in [0.15, 0.2) is 54.6 Å². The third kappa shape index (κ3) is 2.95. The molecular weight excluding hydrogens is 220 g/mol. The van der Waals surface area contributed by atoms with Crippen LogP contribution in [0.3, 0.4) is 0 Å². The molecule has 0 heterocycles. The minimum absolute atomic E-state index is 0.101. The molecule has 0 N–H and O–H groups in total. The maximum Gasteiger partial charge on any atom is 0.159 e. The average Bonchev–Trinajstić information content (AvgIpc) is 2.40. The zero-order valence-corrected chi connectivity index (χ0v) is 10.7. The van der Waals surface area contributed by atoms with Crippen molar-refractivity contribution in [2.24, 2.45) is 0 Å². The number of carbonyl (C=O) groups excluding carboxylic acids is 1. The van der Waals surface area contributed by atoms with E-state index >= 15 is 0 Å². The predicted molar refractivity (Wildman–Crippen MR) is 76.4 cm³/mol. The molecule has 2 aromatic rings. The first kappa shape index (κ1) is 12.3. The van der Waals surface area contributed by atoms with Crippen LogP contribution in [0, 0.1) is 0 Å². The third-order valence-electron chi connectivity index (χ3n) is 2.91. The fourth-order valence-electron chi connectivity index (χ4n) is 1.87. The highest BCUT2D eigenvalue weighted by Crippen LogP contribution is 2.19. The minimum atomic E-state index is 0.101. The normalized spacial score (nSPS) is 11.3. The number of ketones is 1. The number of Topliss-reactive ketones (excluding diaryl/α,β-unsaturated/α-hetero) is 1. The van der Waals surface area contributed by atoms with Gasteiger partial charge >= 0.3 is 0 Å². The predicted octanol–water partition coefficient (Wildman–Crippen LogP) is 4.45. The van der Waals surface area contributed by atoms with Crippen LogP contribution in [0.5, 0.6) is 0 Å². The largest absolute Gasteiger partial charge is 0.295 e. The van der Waals surface area contributed by atoms with Gasteiger partial charge in [0.05, 0.1) is 0 Å². The molecule has 0 saturated carbocycles. The van der Waals surface area contributed by atoms with Gasteiger partial charge in [-0.1, -0.05) is 54.6 Å². The van der Waals surface area contributed by atoms with Gasteiger partial charge in [-0.3, -0.25) is 4.79 Å². The Morgan fingerprint density at radius 3 is 2.22 bits per heavy atom. The molecular formula is C17H16O. The summed E-state index contributed by atoms with van der Waals surface area (Å²) in [5.74, 6) is 0.101. The molecule has 18 heavy (non-hydrogen) atoms. The van der Waals surface area contributed by atoms with Gasteiger partial charge in [0, 0.05) is 5.56 Å². The first-order chi connectivity index (χ1) is 8.66. The Kier molecular flexibility index (Phi) is 3.73. The standard InChI is InChI=1S/C17H16O/c1-13(11-15-7-4-3-5-8-15)16-9-6-10-17(12-16)14(2)18/h3-12H,1-2H3/b13-11+. The Hall–Kier alpha value is -2.15.